The largest absolute Gasteiger partial charge is 0.368 e. The molecule has 1 heterocycles. The predicted octanol–water partition coefficient (Wildman–Crippen LogP) is 4.15. The van der Waals surface area contributed by atoms with Crippen LogP contribution in [0.2, 0.25) is 5.02 Å². The number of nitrogens with zero attached hydrogens (tertiary/aromatic N) is 2. The third kappa shape index (κ3) is 2.40. The van der Waals surface area contributed by atoms with E-state index in [0.29, 0.717) is 13.1 Å². The Morgan fingerprint density at radius 2 is 1.81 bits per heavy atom. The Kier molecular flexibility index (Phi) is 4.43. The molecule has 1 saturated heterocycles. The molecule has 6 heteroatoms. The van der Waals surface area contributed by atoms with Gasteiger partial charge in [0.25, 0.3) is 0 Å². The van der Waals surface area contributed by atoms with Gasteiger partial charge in [0.05, 0.1) is 10.2 Å². The van der Waals surface area contributed by atoms with E-state index in [-0.39, 0.29) is 21.9 Å². The van der Waals surface area contributed by atoms with Gasteiger partial charge in [0.1, 0.15) is 0 Å². The highest BCUT2D eigenvalue weighted by Gasteiger charge is 2.77. The second-order valence-electron chi connectivity index (χ2n) is 8.91. The summed E-state index contributed by atoms with van der Waals surface area (Å²) in [5, 5.41) is 0.725. The van der Waals surface area contributed by atoms with Crippen LogP contribution in [0, 0.1) is 16.2 Å². The quantitative estimate of drug-likeness (QED) is 0.632. The number of amides is 1. The normalized spacial score (nSPS) is 35.0. The molecule has 1 aromatic rings. The lowest BCUT2D eigenvalue weighted by molar-refractivity contribution is -0.147. The Morgan fingerprint density at radius 1 is 1.15 bits per heavy atom. The first-order valence-electron chi connectivity index (χ1n) is 9.63. The van der Waals surface area contributed by atoms with E-state index in [4.69, 9.17) is 11.6 Å². The fourth-order valence-electron chi connectivity index (χ4n) is 5.55. The van der Waals surface area contributed by atoms with Gasteiger partial charge >= 0.3 is 0 Å². The van der Waals surface area contributed by atoms with Crippen molar-refractivity contribution in [2.75, 3.05) is 31.1 Å². The molecule has 2 aliphatic carbocycles. The number of Topliss-reactive ketones (excluding diaryl/α,β-unsaturated/α-hetero) is 1. The SMILES string of the molecule is CC12CCC(C(=O)N3CCN(c4cccc(Cl)c4)CC3)(C(Br)C1=O)C2(C)C. The number of carbonyl (C=O) groups excluding carboxylic acids is 2. The summed E-state index contributed by atoms with van der Waals surface area (Å²) in [6.07, 6.45) is 1.58. The lowest BCUT2D eigenvalue weighted by Gasteiger charge is -2.45. The summed E-state index contributed by atoms with van der Waals surface area (Å²) >= 11 is 9.75. The van der Waals surface area contributed by atoms with Crippen LogP contribution in [-0.2, 0) is 9.59 Å². The fraction of sp³-hybridized carbons (Fsp3) is 0.619. The van der Waals surface area contributed by atoms with Crippen LogP contribution in [0.4, 0.5) is 5.69 Å². The maximum atomic E-state index is 13.7. The molecule has 0 spiro atoms. The number of anilines is 1. The van der Waals surface area contributed by atoms with E-state index in [1.165, 1.54) is 0 Å². The van der Waals surface area contributed by atoms with E-state index in [1.807, 2.05) is 30.0 Å². The van der Waals surface area contributed by atoms with E-state index in [0.717, 1.165) is 36.6 Å². The molecule has 4 nitrogen and oxygen atoms in total. The molecule has 3 aliphatic rings. The van der Waals surface area contributed by atoms with Gasteiger partial charge in [-0.3, -0.25) is 9.59 Å². The number of rotatable bonds is 2. The molecule has 27 heavy (non-hydrogen) atoms. The molecule has 3 atom stereocenters. The average Bonchev–Trinajstić information content (AvgIpc) is 2.93. The first-order chi connectivity index (χ1) is 12.6. The highest BCUT2D eigenvalue weighted by molar-refractivity contribution is 9.10. The number of fused-ring (bicyclic) bond motifs is 2. The zero-order chi connectivity index (χ0) is 19.6. The average molecular weight is 454 g/mol. The van der Waals surface area contributed by atoms with Gasteiger partial charge in [-0.25, -0.2) is 0 Å². The topological polar surface area (TPSA) is 40.6 Å². The van der Waals surface area contributed by atoms with Crippen LogP contribution < -0.4 is 4.90 Å². The Hall–Kier alpha value is -1.07. The van der Waals surface area contributed by atoms with E-state index < -0.39 is 10.8 Å². The Bertz CT molecular complexity index is 805. The van der Waals surface area contributed by atoms with Crippen LogP contribution in [0.3, 0.4) is 0 Å². The molecular weight excluding hydrogens is 428 g/mol. The van der Waals surface area contributed by atoms with Gasteiger partial charge in [-0.15, -0.1) is 0 Å². The third-order valence-electron chi connectivity index (χ3n) is 7.84. The second-order valence-corrected chi connectivity index (χ2v) is 10.3. The van der Waals surface area contributed by atoms with E-state index >= 15 is 0 Å². The van der Waals surface area contributed by atoms with Gasteiger partial charge in [-0.1, -0.05) is 54.4 Å². The summed E-state index contributed by atoms with van der Waals surface area (Å²) in [5.41, 5.74) is -0.293. The standard InChI is InChI=1S/C21H26BrClN2O2/c1-19(2)20(3)7-8-21(19,16(22)17(20)26)18(27)25-11-9-24(10-12-25)15-6-4-5-14(23)13-15/h4-6,13,16H,7-12H2,1-3H3. The van der Waals surface area contributed by atoms with Crippen molar-refractivity contribution in [2.45, 2.75) is 38.4 Å². The van der Waals surface area contributed by atoms with Crippen molar-refractivity contribution in [3.8, 4) is 0 Å². The smallest absolute Gasteiger partial charge is 0.231 e. The van der Waals surface area contributed by atoms with Gasteiger partial charge in [0.2, 0.25) is 5.91 Å². The van der Waals surface area contributed by atoms with Gasteiger partial charge in [-0.2, -0.15) is 0 Å². The van der Waals surface area contributed by atoms with Crippen LogP contribution in [0.15, 0.2) is 24.3 Å². The third-order valence-corrected chi connectivity index (χ3v) is 9.28. The first kappa shape index (κ1) is 19.3. The molecule has 2 bridgehead atoms. The van der Waals surface area contributed by atoms with Crippen LogP contribution >= 0.6 is 27.5 Å². The molecule has 2 saturated carbocycles. The number of benzene rings is 1. The maximum absolute atomic E-state index is 13.7. The van der Waals surface area contributed by atoms with Crippen molar-refractivity contribution >= 4 is 44.9 Å². The van der Waals surface area contributed by atoms with Crippen molar-refractivity contribution in [3.05, 3.63) is 29.3 Å². The minimum absolute atomic E-state index is 0.148. The Balaban J connectivity index is 1.54. The molecule has 1 aliphatic heterocycles. The van der Waals surface area contributed by atoms with Crippen molar-refractivity contribution in [3.63, 3.8) is 0 Å². The van der Waals surface area contributed by atoms with E-state index in [2.05, 4.69) is 40.7 Å². The van der Waals surface area contributed by atoms with Gasteiger partial charge < -0.3 is 9.80 Å². The zero-order valence-electron chi connectivity index (χ0n) is 16.1. The van der Waals surface area contributed by atoms with Crippen LogP contribution in [-0.4, -0.2) is 47.6 Å². The van der Waals surface area contributed by atoms with Crippen molar-refractivity contribution in [2.24, 2.45) is 16.2 Å². The highest BCUT2D eigenvalue weighted by atomic mass is 79.9. The number of hydrogen-bond donors (Lipinski definition) is 0. The zero-order valence-corrected chi connectivity index (χ0v) is 18.4. The maximum Gasteiger partial charge on any atom is 0.231 e. The van der Waals surface area contributed by atoms with Gasteiger partial charge in [0, 0.05) is 42.3 Å². The van der Waals surface area contributed by atoms with Gasteiger partial charge in [-0.05, 0) is 36.5 Å². The Labute approximate surface area is 174 Å². The summed E-state index contributed by atoms with van der Waals surface area (Å²) in [4.78, 5) is 30.5. The first-order valence-corrected chi connectivity index (χ1v) is 10.9. The molecule has 0 radical (unpaired) electrons. The highest BCUT2D eigenvalue weighted by Crippen LogP contribution is 2.72. The molecular formula is C21H26BrClN2O2. The second kappa shape index (κ2) is 6.21. The van der Waals surface area contributed by atoms with Gasteiger partial charge in [0.15, 0.2) is 5.78 Å². The summed E-state index contributed by atoms with van der Waals surface area (Å²) in [6, 6.07) is 7.84. The molecule has 1 aromatic carbocycles. The number of piperazine rings is 1. The molecule has 146 valence electrons. The molecule has 3 unspecified atom stereocenters. The van der Waals surface area contributed by atoms with E-state index in [9.17, 15) is 9.59 Å². The summed E-state index contributed by atoms with van der Waals surface area (Å²) < 4.78 is 0. The lowest BCUT2D eigenvalue weighted by Crippen LogP contribution is -2.57. The van der Waals surface area contributed by atoms with Crippen molar-refractivity contribution in [1.82, 2.24) is 4.90 Å². The minimum atomic E-state index is -0.628. The summed E-state index contributed by atoms with van der Waals surface area (Å²) in [5.74, 6) is 0.347. The predicted molar refractivity (Wildman–Crippen MR) is 112 cm³/mol. The van der Waals surface area contributed by atoms with E-state index in [1.54, 1.807) is 0 Å². The van der Waals surface area contributed by atoms with Crippen LogP contribution in [0.5, 0.6) is 0 Å². The lowest BCUT2D eigenvalue weighted by atomic mass is 9.64. The number of ketones is 1. The molecule has 3 fully saturated rings. The molecule has 0 N–H and O–H groups in total. The number of halogens is 2. The molecule has 0 aromatic heterocycles. The van der Waals surface area contributed by atoms with Crippen molar-refractivity contribution < 1.29 is 9.59 Å². The van der Waals surface area contributed by atoms with Crippen molar-refractivity contribution in [1.29, 1.82) is 0 Å². The number of carbonyl (C=O) groups is 2. The monoisotopic (exact) mass is 452 g/mol. The number of alkyl halides is 1. The molecule has 4 rings (SSSR count). The Morgan fingerprint density at radius 3 is 2.37 bits per heavy atom. The minimum Gasteiger partial charge on any atom is -0.368 e. The number of hydrogen-bond acceptors (Lipinski definition) is 3. The molecule has 1 amide bonds. The van der Waals surface area contributed by atoms with Crippen LogP contribution in [0.1, 0.15) is 33.6 Å². The van der Waals surface area contributed by atoms with Crippen LogP contribution in [0.25, 0.3) is 0 Å². The fourth-order valence-corrected chi connectivity index (χ4v) is 7.23. The summed E-state index contributed by atoms with van der Waals surface area (Å²) in [6.45, 7) is 9.17. The summed E-state index contributed by atoms with van der Waals surface area (Å²) in [7, 11) is 0.